The fourth-order valence-corrected chi connectivity index (χ4v) is 4.61. The van der Waals surface area contributed by atoms with Crippen LogP contribution in [0.3, 0.4) is 0 Å². The second-order valence-corrected chi connectivity index (χ2v) is 8.23. The molecule has 1 unspecified atom stereocenters. The molecule has 2 heterocycles. The zero-order valence-electron chi connectivity index (χ0n) is 15.3. The molecule has 0 saturated heterocycles. The summed E-state index contributed by atoms with van der Waals surface area (Å²) in [5.74, 6) is 0.496. The number of likely N-dealkylation sites (N-methyl/N-ethyl adjacent to an activating group) is 1. The van der Waals surface area contributed by atoms with E-state index in [9.17, 15) is 20.2 Å². The minimum absolute atomic E-state index is 0.0225. The second-order valence-electron chi connectivity index (χ2n) is 7.38. The lowest BCUT2D eigenvalue weighted by Gasteiger charge is -2.45. The van der Waals surface area contributed by atoms with Crippen LogP contribution in [0.25, 0.3) is 6.08 Å². The van der Waals surface area contributed by atoms with E-state index in [2.05, 4.69) is 15.9 Å². The van der Waals surface area contributed by atoms with Crippen molar-refractivity contribution in [3.63, 3.8) is 0 Å². The van der Waals surface area contributed by atoms with E-state index in [1.807, 2.05) is 31.9 Å². The molecule has 2 aliphatic rings. The Morgan fingerprint density at radius 2 is 1.75 bits per heavy atom. The van der Waals surface area contributed by atoms with Crippen LogP contribution in [0.5, 0.6) is 5.75 Å². The molecule has 2 aromatic rings. The van der Waals surface area contributed by atoms with Crippen molar-refractivity contribution in [2.75, 3.05) is 11.9 Å². The first-order valence-electron chi connectivity index (χ1n) is 8.47. The molecule has 0 aliphatic carbocycles. The van der Waals surface area contributed by atoms with E-state index in [-0.39, 0.29) is 11.4 Å². The van der Waals surface area contributed by atoms with Crippen LogP contribution in [-0.4, -0.2) is 22.6 Å². The number of anilines is 1. The molecular formula is C19H16BrN3O5. The number of halogens is 1. The monoisotopic (exact) mass is 445 g/mol. The molecule has 0 radical (unpaired) electrons. The van der Waals surface area contributed by atoms with Gasteiger partial charge in [0.1, 0.15) is 5.75 Å². The Hall–Kier alpha value is -2.94. The van der Waals surface area contributed by atoms with Gasteiger partial charge in [0, 0.05) is 42.6 Å². The smallest absolute Gasteiger partial charge is 0.271 e. The zero-order valence-corrected chi connectivity index (χ0v) is 16.9. The van der Waals surface area contributed by atoms with E-state index in [1.165, 1.54) is 18.2 Å². The molecule has 8 nitrogen and oxygen atoms in total. The Morgan fingerprint density at radius 3 is 2.39 bits per heavy atom. The molecule has 0 saturated carbocycles. The minimum atomic E-state index is -0.934. The quantitative estimate of drug-likeness (QED) is 0.486. The van der Waals surface area contributed by atoms with Crippen molar-refractivity contribution in [2.24, 2.45) is 0 Å². The molecule has 0 bridgehead atoms. The van der Waals surface area contributed by atoms with Crippen LogP contribution in [0.4, 0.5) is 17.1 Å². The van der Waals surface area contributed by atoms with Crippen LogP contribution in [0.15, 0.2) is 40.9 Å². The number of fused-ring (bicyclic) bond motifs is 2. The number of benzene rings is 2. The number of ether oxygens (including phenoxy) is 1. The Kier molecular flexibility index (Phi) is 3.80. The third-order valence-electron chi connectivity index (χ3n) is 5.63. The Morgan fingerprint density at radius 1 is 1.07 bits per heavy atom. The van der Waals surface area contributed by atoms with Gasteiger partial charge in [0.05, 0.1) is 19.7 Å². The maximum absolute atomic E-state index is 11.2. The molecule has 2 aliphatic heterocycles. The summed E-state index contributed by atoms with van der Waals surface area (Å²) in [7, 11) is 1.87. The molecular weight excluding hydrogens is 430 g/mol. The average Bonchev–Trinajstić information content (AvgIpc) is 2.80. The van der Waals surface area contributed by atoms with Gasteiger partial charge in [-0.25, -0.2) is 0 Å². The molecule has 28 heavy (non-hydrogen) atoms. The van der Waals surface area contributed by atoms with Gasteiger partial charge in [-0.05, 0) is 53.6 Å². The average molecular weight is 446 g/mol. The van der Waals surface area contributed by atoms with Gasteiger partial charge in [0.25, 0.3) is 11.4 Å². The third-order valence-corrected chi connectivity index (χ3v) is 6.22. The van der Waals surface area contributed by atoms with Crippen LogP contribution in [-0.2, 0) is 5.41 Å². The van der Waals surface area contributed by atoms with Gasteiger partial charge in [-0.15, -0.1) is 0 Å². The van der Waals surface area contributed by atoms with E-state index >= 15 is 0 Å². The van der Waals surface area contributed by atoms with Crippen LogP contribution >= 0.6 is 15.9 Å². The second kappa shape index (κ2) is 5.78. The SMILES string of the molecule is CN1c2ccc([N+](=O)[O-])cc2C(C)(C)C12C=Cc1cc([N+](=O)[O-])cc(Br)c1O2. The number of nitro groups is 2. The third kappa shape index (κ3) is 2.29. The standard InChI is InChI=1S/C19H16BrN3O5/c1-18(2)14-9-12(22(24)25)4-5-16(14)21(3)19(18)7-6-11-8-13(23(26)27)10-15(20)17(11)28-19/h4-10H,1-3H3. The highest BCUT2D eigenvalue weighted by atomic mass is 79.9. The van der Waals surface area contributed by atoms with Crippen molar-refractivity contribution in [2.45, 2.75) is 25.0 Å². The predicted molar refractivity (Wildman–Crippen MR) is 108 cm³/mol. The number of nitrogens with zero attached hydrogens (tertiary/aromatic N) is 3. The lowest BCUT2D eigenvalue weighted by atomic mass is 9.76. The van der Waals surface area contributed by atoms with E-state index in [0.717, 1.165) is 11.3 Å². The summed E-state index contributed by atoms with van der Waals surface area (Å²) in [5.41, 5.74) is 0.659. The highest BCUT2D eigenvalue weighted by Crippen LogP contribution is 2.55. The number of hydrogen-bond donors (Lipinski definition) is 0. The van der Waals surface area contributed by atoms with Crippen LogP contribution in [0.1, 0.15) is 25.0 Å². The molecule has 2 aromatic carbocycles. The van der Waals surface area contributed by atoms with Gasteiger partial charge in [-0.3, -0.25) is 20.2 Å². The minimum Gasteiger partial charge on any atom is -0.462 e. The number of non-ortho nitro benzene ring substituents is 2. The van der Waals surface area contributed by atoms with Crippen molar-refractivity contribution < 1.29 is 14.6 Å². The van der Waals surface area contributed by atoms with Gasteiger partial charge in [-0.1, -0.05) is 0 Å². The van der Waals surface area contributed by atoms with E-state index in [0.29, 0.717) is 15.8 Å². The largest absolute Gasteiger partial charge is 0.462 e. The maximum atomic E-state index is 11.2. The van der Waals surface area contributed by atoms with Crippen LogP contribution < -0.4 is 9.64 Å². The molecule has 1 spiro atoms. The number of hydrogen-bond acceptors (Lipinski definition) is 6. The van der Waals surface area contributed by atoms with E-state index in [1.54, 1.807) is 18.2 Å². The molecule has 1 atom stereocenters. The first kappa shape index (κ1) is 18.4. The summed E-state index contributed by atoms with van der Waals surface area (Å²) in [4.78, 5) is 23.5. The lowest BCUT2D eigenvalue weighted by molar-refractivity contribution is -0.385. The number of rotatable bonds is 2. The van der Waals surface area contributed by atoms with Gasteiger partial charge < -0.3 is 9.64 Å². The number of nitro benzene ring substituents is 2. The first-order chi connectivity index (χ1) is 13.1. The molecule has 0 amide bonds. The highest BCUT2D eigenvalue weighted by molar-refractivity contribution is 9.10. The Balaban J connectivity index is 1.87. The fraction of sp³-hybridized carbons (Fsp3) is 0.263. The summed E-state index contributed by atoms with van der Waals surface area (Å²) in [5, 5.41) is 22.4. The van der Waals surface area contributed by atoms with Crippen LogP contribution in [0.2, 0.25) is 0 Å². The molecule has 9 heteroatoms. The van der Waals surface area contributed by atoms with Gasteiger partial charge in [-0.2, -0.15) is 0 Å². The molecule has 0 fully saturated rings. The summed E-state index contributed by atoms with van der Waals surface area (Å²) in [6.45, 7) is 3.93. The maximum Gasteiger partial charge on any atom is 0.271 e. The highest BCUT2D eigenvalue weighted by Gasteiger charge is 2.58. The Bertz CT molecular complexity index is 1080. The Labute approximate surface area is 168 Å². The summed E-state index contributed by atoms with van der Waals surface area (Å²) in [6.07, 6.45) is 3.66. The topological polar surface area (TPSA) is 98.8 Å². The van der Waals surface area contributed by atoms with Crippen molar-refractivity contribution in [3.8, 4) is 5.75 Å². The predicted octanol–water partition coefficient (Wildman–Crippen LogP) is 4.80. The first-order valence-corrected chi connectivity index (χ1v) is 9.27. The van der Waals surface area contributed by atoms with E-state index < -0.39 is 21.0 Å². The summed E-state index contributed by atoms with van der Waals surface area (Å²) in [6, 6.07) is 7.65. The zero-order chi connectivity index (χ0) is 20.4. The van der Waals surface area contributed by atoms with Gasteiger partial charge in [0.2, 0.25) is 5.72 Å². The lowest BCUT2D eigenvalue weighted by Crippen LogP contribution is -2.58. The normalized spacial score (nSPS) is 21.2. The molecule has 0 aromatic heterocycles. The fourth-order valence-electron chi connectivity index (χ4n) is 4.07. The molecule has 144 valence electrons. The van der Waals surface area contributed by atoms with Crippen molar-refractivity contribution in [1.82, 2.24) is 0 Å². The van der Waals surface area contributed by atoms with Crippen LogP contribution in [0, 0.1) is 20.2 Å². The van der Waals surface area contributed by atoms with E-state index in [4.69, 9.17) is 4.74 Å². The van der Waals surface area contributed by atoms with Gasteiger partial charge in [0.15, 0.2) is 0 Å². The molecule has 4 rings (SSSR count). The van der Waals surface area contributed by atoms with Crippen molar-refractivity contribution in [1.29, 1.82) is 0 Å². The summed E-state index contributed by atoms with van der Waals surface area (Å²) >= 11 is 3.38. The van der Waals surface area contributed by atoms with Crippen molar-refractivity contribution >= 4 is 39.1 Å². The van der Waals surface area contributed by atoms with Crippen molar-refractivity contribution in [3.05, 3.63) is 72.2 Å². The summed E-state index contributed by atoms with van der Waals surface area (Å²) < 4.78 is 6.93. The van der Waals surface area contributed by atoms with Gasteiger partial charge >= 0.3 is 0 Å². The molecule has 0 N–H and O–H groups in total.